The van der Waals surface area contributed by atoms with E-state index in [-0.39, 0.29) is 6.04 Å². The standard InChI is InChI=1S/C19H19N3O/c1-15(19(23)17-5-3-2-4-6-17)21-13-16-7-9-18(10-8-16)22-12-11-20-14-22/h2-15,19,23H,1H3/t15-,19+/m1/s1. The number of aliphatic hydroxyl groups is 1. The van der Waals surface area contributed by atoms with Gasteiger partial charge in [0.15, 0.2) is 0 Å². The van der Waals surface area contributed by atoms with Crippen LogP contribution in [0.15, 0.2) is 78.3 Å². The normalized spacial score (nSPS) is 14.0. The van der Waals surface area contributed by atoms with Crippen molar-refractivity contribution in [2.24, 2.45) is 4.99 Å². The quantitative estimate of drug-likeness (QED) is 0.734. The highest BCUT2D eigenvalue weighted by Gasteiger charge is 2.14. The molecule has 0 saturated heterocycles. The molecule has 0 aliphatic heterocycles. The first-order valence-corrected chi connectivity index (χ1v) is 7.58. The van der Waals surface area contributed by atoms with Gasteiger partial charge in [-0.3, -0.25) is 4.99 Å². The van der Waals surface area contributed by atoms with E-state index in [0.29, 0.717) is 0 Å². The average molecular weight is 305 g/mol. The van der Waals surface area contributed by atoms with Crippen LogP contribution in [0, 0.1) is 0 Å². The molecule has 3 aromatic rings. The summed E-state index contributed by atoms with van der Waals surface area (Å²) >= 11 is 0. The van der Waals surface area contributed by atoms with Gasteiger partial charge in [-0.1, -0.05) is 42.5 Å². The lowest BCUT2D eigenvalue weighted by atomic mass is 10.0. The molecule has 1 aromatic heterocycles. The van der Waals surface area contributed by atoms with E-state index in [4.69, 9.17) is 0 Å². The van der Waals surface area contributed by atoms with Crippen LogP contribution in [-0.4, -0.2) is 26.9 Å². The van der Waals surface area contributed by atoms with Crippen molar-refractivity contribution < 1.29 is 5.11 Å². The predicted molar refractivity (Wildman–Crippen MR) is 92.0 cm³/mol. The van der Waals surface area contributed by atoms with Crippen LogP contribution in [0.2, 0.25) is 0 Å². The van der Waals surface area contributed by atoms with Gasteiger partial charge in [0.2, 0.25) is 0 Å². The minimum absolute atomic E-state index is 0.203. The summed E-state index contributed by atoms with van der Waals surface area (Å²) in [7, 11) is 0. The van der Waals surface area contributed by atoms with E-state index in [1.807, 2.05) is 72.3 Å². The highest BCUT2D eigenvalue weighted by Crippen LogP contribution is 2.18. The third-order valence-corrected chi connectivity index (χ3v) is 3.75. The fourth-order valence-corrected chi connectivity index (χ4v) is 2.36. The number of hydrogen-bond donors (Lipinski definition) is 1. The summed E-state index contributed by atoms with van der Waals surface area (Å²) in [6, 6.07) is 17.4. The molecule has 4 nitrogen and oxygen atoms in total. The minimum Gasteiger partial charge on any atom is -0.386 e. The average Bonchev–Trinajstić information content (AvgIpc) is 3.15. The fourth-order valence-electron chi connectivity index (χ4n) is 2.36. The molecule has 116 valence electrons. The molecule has 2 aromatic carbocycles. The van der Waals surface area contributed by atoms with Crippen LogP contribution in [-0.2, 0) is 0 Å². The van der Waals surface area contributed by atoms with Crippen LogP contribution in [0.4, 0.5) is 0 Å². The number of aliphatic hydroxyl groups excluding tert-OH is 1. The molecule has 1 N–H and O–H groups in total. The number of hydrogen-bond acceptors (Lipinski definition) is 3. The van der Waals surface area contributed by atoms with Gasteiger partial charge in [0.25, 0.3) is 0 Å². The second kappa shape index (κ2) is 7.03. The molecule has 0 spiro atoms. The van der Waals surface area contributed by atoms with Gasteiger partial charge in [0.1, 0.15) is 6.10 Å². The third kappa shape index (κ3) is 3.73. The van der Waals surface area contributed by atoms with Gasteiger partial charge in [-0.15, -0.1) is 0 Å². The molecule has 0 aliphatic carbocycles. The number of rotatable bonds is 5. The molecule has 0 radical (unpaired) electrons. The van der Waals surface area contributed by atoms with Crippen molar-refractivity contribution in [3.8, 4) is 5.69 Å². The Morgan fingerprint density at radius 3 is 2.48 bits per heavy atom. The van der Waals surface area contributed by atoms with Gasteiger partial charge >= 0.3 is 0 Å². The second-order valence-corrected chi connectivity index (χ2v) is 5.44. The van der Waals surface area contributed by atoms with Crippen molar-refractivity contribution in [2.45, 2.75) is 19.1 Å². The van der Waals surface area contributed by atoms with Crippen molar-refractivity contribution in [1.29, 1.82) is 0 Å². The molecule has 0 fully saturated rings. The first kappa shape index (κ1) is 15.2. The molecule has 1 heterocycles. The van der Waals surface area contributed by atoms with Crippen LogP contribution in [0.5, 0.6) is 0 Å². The molecule has 3 rings (SSSR count). The third-order valence-electron chi connectivity index (χ3n) is 3.75. The number of aliphatic imine (C=N–C) groups is 1. The lowest BCUT2D eigenvalue weighted by molar-refractivity contribution is 0.154. The lowest BCUT2D eigenvalue weighted by Crippen LogP contribution is -2.12. The van der Waals surface area contributed by atoms with E-state index >= 15 is 0 Å². The zero-order chi connectivity index (χ0) is 16.1. The molecule has 4 heteroatoms. The smallest absolute Gasteiger partial charge is 0.101 e. The van der Waals surface area contributed by atoms with Crippen LogP contribution in [0.25, 0.3) is 5.69 Å². The Morgan fingerprint density at radius 2 is 1.83 bits per heavy atom. The second-order valence-electron chi connectivity index (χ2n) is 5.44. The largest absolute Gasteiger partial charge is 0.386 e. The monoisotopic (exact) mass is 305 g/mol. The number of nitrogens with zero attached hydrogens (tertiary/aromatic N) is 3. The molecule has 0 aliphatic rings. The van der Waals surface area contributed by atoms with Crippen molar-refractivity contribution in [1.82, 2.24) is 9.55 Å². The van der Waals surface area contributed by atoms with Crippen LogP contribution in [0.3, 0.4) is 0 Å². The van der Waals surface area contributed by atoms with E-state index in [0.717, 1.165) is 16.8 Å². The van der Waals surface area contributed by atoms with E-state index in [1.165, 1.54) is 0 Å². The topological polar surface area (TPSA) is 50.4 Å². The van der Waals surface area contributed by atoms with E-state index in [9.17, 15) is 5.11 Å². The maximum atomic E-state index is 10.3. The maximum absolute atomic E-state index is 10.3. The van der Waals surface area contributed by atoms with E-state index in [2.05, 4.69) is 9.98 Å². The number of benzene rings is 2. The lowest BCUT2D eigenvalue weighted by Gasteiger charge is -2.15. The summed E-state index contributed by atoms with van der Waals surface area (Å²) in [6.45, 7) is 1.91. The Bertz CT molecular complexity index is 749. The Morgan fingerprint density at radius 1 is 1.09 bits per heavy atom. The Balaban J connectivity index is 1.67. The molecule has 2 atom stereocenters. The molecule has 0 amide bonds. The number of imidazole rings is 1. The van der Waals surface area contributed by atoms with Gasteiger partial charge in [-0.2, -0.15) is 0 Å². The Kier molecular flexibility index (Phi) is 4.64. The van der Waals surface area contributed by atoms with Crippen molar-refractivity contribution >= 4 is 6.21 Å². The van der Waals surface area contributed by atoms with Gasteiger partial charge in [0, 0.05) is 24.3 Å². The fraction of sp³-hybridized carbons (Fsp3) is 0.158. The first-order valence-electron chi connectivity index (χ1n) is 7.58. The highest BCUT2D eigenvalue weighted by atomic mass is 16.3. The van der Waals surface area contributed by atoms with Crippen molar-refractivity contribution in [2.75, 3.05) is 0 Å². The summed E-state index contributed by atoms with van der Waals surface area (Å²) in [5, 5.41) is 10.3. The zero-order valence-electron chi connectivity index (χ0n) is 12.9. The van der Waals surface area contributed by atoms with Gasteiger partial charge < -0.3 is 9.67 Å². The first-order chi connectivity index (χ1) is 11.2. The molecule has 23 heavy (non-hydrogen) atoms. The van der Waals surface area contributed by atoms with E-state index < -0.39 is 6.10 Å². The summed E-state index contributed by atoms with van der Waals surface area (Å²) in [5.41, 5.74) is 2.94. The van der Waals surface area contributed by atoms with Gasteiger partial charge in [-0.05, 0) is 30.2 Å². The zero-order valence-corrected chi connectivity index (χ0v) is 12.9. The van der Waals surface area contributed by atoms with Crippen molar-refractivity contribution in [3.05, 3.63) is 84.4 Å². The summed E-state index contributed by atoms with van der Waals surface area (Å²) in [4.78, 5) is 8.51. The minimum atomic E-state index is -0.599. The summed E-state index contributed by atoms with van der Waals surface area (Å²) in [6.07, 6.45) is 6.62. The Labute approximate surface area is 135 Å². The highest BCUT2D eigenvalue weighted by molar-refractivity contribution is 5.80. The molecule has 0 unspecified atom stereocenters. The Hall–Kier alpha value is -2.72. The molecule has 0 saturated carbocycles. The molecular weight excluding hydrogens is 286 g/mol. The maximum Gasteiger partial charge on any atom is 0.101 e. The summed E-state index contributed by atoms with van der Waals surface area (Å²) in [5.74, 6) is 0. The van der Waals surface area contributed by atoms with E-state index in [1.54, 1.807) is 18.7 Å². The predicted octanol–water partition coefficient (Wildman–Crippen LogP) is 3.41. The SMILES string of the molecule is C[C@@H](N=Cc1ccc(-n2ccnc2)cc1)[C@H](O)c1ccccc1. The van der Waals surface area contributed by atoms with Gasteiger partial charge in [0.05, 0.1) is 12.4 Å². The molecule has 0 bridgehead atoms. The van der Waals surface area contributed by atoms with Crippen LogP contribution < -0.4 is 0 Å². The van der Waals surface area contributed by atoms with Crippen LogP contribution >= 0.6 is 0 Å². The summed E-state index contributed by atoms with van der Waals surface area (Å²) < 4.78 is 1.95. The molecular formula is C19H19N3O. The van der Waals surface area contributed by atoms with Crippen LogP contribution in [0.1, 0.15) is 24.2 Å². The van der Waals surface area contributed by atoms with Crippen molar-refractivity contribution in [3.63, 3.8) is 0 Å². The van der Waals surface area contributed by atoms with Gasteiger partial charge in [-0.25, -0.2) is 4.98 Å². The number of aromatic nitrogens is 2.